The first-order valence-corrected chi connectivity index (χ1v) is 11.3. The van der Waals surface area contributed by atoms with Gasteiger partial charge in [0.1, 0.15) is 17.5 Å². The second kappa shape index (κ2) is 9.07. The molecule has 5 rings (SSSR count). The Morgan fingerprint density at radius 1 is 1.12 bits per heavy atom. The minimum absolute atomic E-state index is 0.208. The van der Waals surface area contributed by atoms with Crippen LogP contribution in [-0.4, -0.2) is 61.9 Å². The van der Waals surface area contributed by atoms with Crippen LogP contribution in [0, 0.1) is 18.6 Å². The Balaban J connectivity index is 1.60. The molecule has 33 heavy (non-hydrogen) atoms. The number of benzene rings is 1. The molecule has 2 aliphatic rings. The molecular formula is C24H28F2N6O. The largest absolute Gasteiger partial charge is 0.378 e. The summed E-state index contributed by atoms with van der Waals surface area (Å²) in [4.78, 5) is 13.5. The smallest absolute Gasteiger partial charge is 0.137 e. The van der Waals surface area contributed by atoms with E-state index in [1.807, 2.05) is 19.2 Å². The topological polar surface area (TPSA) is 65.5 Å². The zero-order valence-electron chi connectivity index (χ0n) is 18.9. The van der Waals surface area contributed by atoms with Crippen molar-refractivity contribution >= 4 is 33.8 Å². The number of rotatable bonds is 4. The molecule has 2 N–H and O–H groups in total. The molecule has 3 aromatic rings. The summed E-state index contributed by atoms with van der Waals surface area (Å²) in [7, 11) is 0. The number of hydrogen-bond donors (Lipinski definition) is 2. The highest BCUT2D eigenvalue weighted by Gasteiger charge is 2.25. The van der Waals surface area contributed by atoms with E-state index >= 15 is 4.39 Å². The van der Waals surface area contributed by atoms with Crippen molar-refractivity contribution in [2.45, 2.75) is 19.9 Å². The Kier molecular flexibility index (Phi) is 5.99. The molecule has 1 aromatic carbocycles. The van der Waals surface area contributed by atoms with E-state index in [2.05, 4.69) is 32.3 Å². The molecule has 174 valence electrons. The van der Waals surface area contributed by atoms with Gasteiger partial charge < -0.3 is 25.2 Å². The van der Waals surface area contributed by atoms with Crippen molar-refractivity contribution in [3.05, 3.63) is 47.8 Å². The molecule has 0 spiro atoms. The van der Waals surface area contributed by atoms with Gasteiger partial charge in [0, 0.05) is 56.5 Å². The summed E-state index contributed by atoms with van der Waals surface area (Å²) in [5.41, 5.74) is 3.40. The van der Waals surface area contributed by atoms with Gasteiger partial charge in [-0.2, -0.15) is 0 Å². The van der Waals surface area contributed by atoms with E-state index in [0.717, 1.165) is 61.5 Å². The van der Waals surface area contributed by atoms with Crippen LogP contribution < -0.4 is 20.4 Å². The second-order valence-corrected chi connectivity index (χ2v) is 8.62. The number of piperazine rings is 1. The first-order valence-electron chi connectivity index (χ1n) is 11.3. The molecular weight excluding hydrogens is 426 g/mol. The Hall–Kier alpha value is -3.04. The fourth-order valence-electron chi connectivity index (χ4n) is 4.62. The summed E-state index contributed by atoms with van der Waals surface area (Å²) >= 11 is 0. The van der Waals surface area contributed by atoms with Crippen LogP contribution in [0.1, 0.15) is 12.5 Å². The highest BCUT2D eigenvalue weighted by Crippen LogP contribution is 2.37. The Morgan fingerprint density at radius 3 is 2.73 bits per heavy atom. The van der Waals surface area contributed by atoms with Crippen molar-refractivity contribution in [3.8, 4) is 0 Å². The van der Waals surface area contributed by atoms with E-state index in [1.54, 1.807) is 6.20 Å². The molecule has 0 amide bonds. The summed E-state index contributed by atoms with van der Waals surface area (Å²) in [5.74, 6) is -0.542. The van der Waals surface area contributed by atoms with Crippen LogP contribution >= 0.6 is 0 Å². The number of morpholine rings is 1. The quantitative estimate of drug-likeness (QED) is 0.625. The predicted octanol–water partition coefficient (Wildman–Crippen LogP) is 3.59. The molecule has 0 radical (unpaired) electrons. The monoisotopic (exact) mass is 454 g/mol. The van der Waals surface area contributed by atoms with Crippen molar-refractivity contribution in [2.24, 2.45) is 0 Å². The van der Waals surface area contributed by atoms with Crippen molar-refractivity contribution in [2.75, 3.05) is 61.1 Å². The molecule has 4 heterocycles. The number of hydrogen-bond acceptors (Lipinski definition) is 7. The number of nitrogens with one attached hydrogen (secondary N) is 2. The molecule has 2 fully saturated rings. The summed E-state index contributed by atoms with van der Waals surface area (Å²) in [5, 5.41) is 7.03. The summed E-state index contributed by atoms with van der Waals surface area (Å²) in [6.07, 6.45) is 3.53. The van der Waals surface area contributed by atoms with Crippen molar-refractivity contribution in [3.63, 3.8) is 0 Å². The van der Waals surface area contributed by atoms with Gasteiger partial charge in [-0.05, 0) is 19.9 Å². The van der Waals surface area contributed by atoms with Gasteiger partial charge in [-0.1, -0.05) is 0 Å². The van der Waals surface area contributed by atoms with Crippen LogP contribution in [0.5, 0.6) is 0 Å². The first-order chi connectivity index (χ1) is 16.0. The van der Waals surface area contributed by atoms with E-state index in [1.165, 1.54) is 6.07 Å². The Labute approximate surface area is 191 Å². The third-order valence-corrected chi connectivity index (χ3v) is 6.36. The van der Waals surface area contributed by atoms with Gasteiger partial charge in [0.05, 0.1) is 53.6 Å². The Bertz CT molecular complexity index is 1170. The van der Waals surface area contributed by atoms with Crippen LogP contribution in [0.2, 0.25) is 0 Å². The van der Waals surface area contributed by atoms with Gasteiger partial charge >= 0.3 is 0 Å². The fourth-order valence-corrected chi connectivity index (χ4v) is 4.62. The van der Waals surface area contributed by atoms with Crippen LogP contribution in [0.25, 0.3) is 10.9 Å². The van der Waals surface area contributed by atoms with Crippen molar-refractivity contribution in [1.29, 1.82) is 0 Å². The van der Waals surface area contributed by atoms with E-state index in [4.69, 9.17) is 9.72 Å². The number of aromatic nitrogens is 2. The van der Waals surface area contributed by atoms with Gasteiger partial charge in [0.25, 0.3) is 0 Å². The standard InChI is InChI=1S/C24H28F2N6O/c1-15-12-27-3-4-32(15)24-16(2)23(22-20(26)9-17(25)10-21(22)30-24)29-18-11-19(14-28-13-18)31-5-7-33-8-6-31/h9-11,13-15,27H,3-8,12H2,1-2H3,(H,29,30). The summed E-state index contributed by atoms with van der Waals surface area (Å²) in [6, 6.07) is 4.41. The van der Waals surface area contributed by atoms with Crippen LogP contribution in [0.3, 0.4) is 0 Å². The molecule has 2 saturated heterocycles. The highest BCUT2D eigenvalue weighted by molar-refractivity contribution is 5.97. The van der Waals surface area contributed by atoms with Crippen molar-refractivity contribution in [1.82, 2.24) is 15.3 Å². The maximum absolute atomic E-state index is 15.0. The van der Waals surface area contributed by atoms with Gasteiger partial charge in [-0.15, -0.1) is 0 Å². The van der Waals surface area contributed by atoms with Gasteiger partial charge in [0.2, 0.25) is 0 Å². The number of halogens is 2. The van der Waals surface area contributed by atoms with E-state index in [0.29, 0.717) is 24.4 Å². The van der Waals surface area contributed by atoms with Gasteiger partial charge in [-0.25, -0.2) is 13.8 Å². The van der Waals surface area contributed by atoms with E-state index < -0.39 is 11.6 Å². The Morgan fingerprint density at radius 2 is 1.94 bits per heavy atom. The van der Waals surface area contributed by atoms with Gasteiger partial charge in [0.15, 0.2) is 0 Å². The molecule has 0 aliphatic carbocycles. The minimum Gasteiger partial charge on any atom is -0.378 e. The lowest BCUT2D eigenvalue weighted by molar-refractivity contribution is 0.122. The maximum atomic E-state index is 15.0. The summed E-state index contributed by atoms with van der Waals surface area (Å²) in [6.45, 7) is 9.41. The lowest BCUT2D eigenvalue weighted by Crippen LogP contribution is -2.50. The van der Waals surface area contributed by atoms with E-state index in [9.17, 15) is 4.39 Å². The lowest BCUT2D eigenvalue weighted by Gasteiger charge is -2.36. The molecule has 2 aliphatic heterocycles. The van der Waals surface area contributed by atoms with Crippen molar-refractivity contribution < 1.29 is 13.5 Å². The molecule has 1 unspecified atom stereocenters. The first kappa shape index (κ1) is 21.8. The number of pyridine rings is 2. The molecule has 0 bridgehead atoms. The van der Waals surface area contributed by atoms with Crippen LogP contribution in [0.15, 0.2) is 30.6 Å². The highest BCUT2D eigenvalue weighted by atomic mass is 19.1. The van der Waals surface area contributed by atoms with Crippen LogP contribution in [-0.2, 0) is 4.74 Å². The fraction of sp³-hybridized carbons (Fsp3) is 0.417. The van der Waals surface area contributed by atoms with E-state index in [-0.39, 0.29) is 11.4 Å². The predicted molar refractivity (Wildman–Crippen MR) is 127 cm³/mol. The minimum atomic E-state index is -0.641. The average molecular weight is 455 g/mol. The molecule has 2 aromatic heterocycles. The van der Waals surface area contributed by atoms with Gasteiger partial charge in [-0.3, -0.25) is 4.98 Å². The molecule has 0 saturated carbocycles. The molecule has 7 nitrogen and oxygen atoms in total. The average Bonchev–Trinajstić information content (AvgIpc) is 2.82. The zero-order chi connectivity index (χ0) is 22.9. The molecule has 9 heteroatoms. The maximum Gasteiger partial charge on any atom is 0.137 e. The van der Waals surface area contributed by atoms with Crippen LogP contribution in [0.4, 0.5) is 31.7 Å². The molecule has 1 atom stereocenters. The normalized spacial score (nSPS) is 19.2. The number of ether oxygens (including phenoxy) is 1. The third kappa shape index (κ3) is 4.30. The zero-order valence-corrected chi connectivity index (χ0v) is 18.9. The summed E-state index contributed by atoms with van der Waals surface area (Å²) < 4.78 is 34.6. The number of fused-ring (bicyclic) bond motifs is 1. The number of anilines is 4. The third-order valence-electron chi connectivity index (χ3n) is 6.36. The number of nitrogens with zero attached hydrogens (tertiary/aromatic N) is 4. The SMILES string of the molecule is Cc1c(N2CCNCC2C)nc2cc(F)cc(F)c2c1Nc1cncc(N2CCOCC2)c1. The second-order valence-electron chi connectivity index (χ2n) is 8.62. The lowest BCUT2D eigenvalue weighted by atomic mass is 10.1.